The van der Waals surface area contributed by atoms with Gasteiger partial charge in [0.2, 0.25) is 0 Å². The molecule has 0 spiro atoms. The van der Waals surface area contributed by atoms with Crippen molar-refractivity contribution in [3.8, 4) is 5.75 Å². The fourth-order valence-electron chi connectivity index (χ4n) is 0.989. The summed E-state index contributed by atoms with van der Waals surface area (Å²) in [6, 6.07) is 6.25. The molecule has 0 radical (unpaired) electrons. The molecule has 0 aliphatic rings. The zero-order chi connectivity index (χ0) is 10.8. The van der Waals surface area contributed by atoms with Crippen molar-refractivity contribution in [1.29, 1.82) is 0 Å². The van der Waals surface area contributed by atoms with Gasteiger partial charge in [0.05, 0.1) is 0 Å². The molecule has 0 heterocycles. The van der Waals surface area contributed by atoms with E-state index in [-0.39, 0.29) is 5.69 Å². The average Bonchev–Trinajstić information content (AvgIpc) is 2.02. The minimum atomic E-state index is -2.41. The van der Waals surface area contributed by atoms with E-state index in [1.165, 1.54) is 12.1 Å². The third-order valence-corrected chi connectivity index (χ3v) is 4.77. The van der Waals surface area contributed by atoms with Crippen molar-refractivity contribution >= 4 is 27.3 Å². The zero-order valence-corrected chi connectivity index (χ0v) is 12.4. The van der Waals surface area contributed by atoms with Crippen LogP contribution in [0, 0.1) is 10.1 Å². The SMILES string of the molecule is [CH3][Pb]([CH3])([CH3])[O]c1ccc([N+](=O)[O-])cc1. The summed E-state index contributed by atoms with van der Waals surface area (Å²) >= 11 is -2.41. The number of nitrogens with zero attached hydrogens (tertiary/aromatic N) is 1. The average molecular weight is 390 g/mol. The summed E-state index contributed by atoms with van der Waals surface area (Å²) in [5, 5.41) is 10.4. The summed E-state index contributed by atoms with van der Waals surface area (Å²) in [6.07, 6.45) is 0. The van der Waals surface area contributed by atoms with Crippen LogP contribution in [0.1, 0.15) is 0 Å². The molecule has 1 aromatic rings. The van der Waals surface area contributed by atoms with Crippen LogP contribution in [0.5, 0.6) is 5.75 Å². The Labute approximate surface area is 88.3 Å². The van der Waals surface area contributed by atoms with Gasteiger partial charge in [0.1, 0.15) is 0 Å². The summed E-state index contributed by atoms with van der Waals surface area (Å²) in [7, 11) is 0. The minimum absolute atomic E-state index is 0.0999. The van der Waals surface area contributed by atoms with Gasteiger partial charge in [0, 0.05) is 0 Å². The molecule has 4 nitrogen and oxygen atoms in total. The van der Waals surface area contributed by atoms with Crippen LogP contribution in [0.3, 0.4) is 0 Å². The topological polar surface area (TPSA) is 52.4 Å². The third kappa shape index (κ3) is 3.61. The van der Waals surface area contributed by atoms with Crippen LogP contribution in [-0.4, -0.2) is 26.5 Å². The van der Waals surface area contributed by atoms with E-state index < -0.39 is 26.5 Å². The first kappa shape index (κ1) is 11.4. The molecule has 0 atom stereocenters. The third-order valence-electron chi connectivity index (χ3n) is 1.47. The molecule has 0 aliphatic carbocycles. The van der Waals surface area contributed by atoms with Crippen molar-refractivity contribution in [1.82, 2.24) is 0 Å². The standard InChI is InChI=1S/C6H5NO3.3CH3.Pb/c8-6-3-1-5(2-4-6)7(9)10;;;;/h1-4,8H;3*1H3;/q;;;;+1/p-1. The number of benzene rings is 1. The van der Waals surface area contributed by atoms with Gasteiger partial charge in [-0.05, 0) is 0 Å². The number of nitro benzene ring substituents is 1. The van der Waals surface area contributed by atoms with Crippen molar-refractivity contribution in [2.45, 2.75) is 13.4 Å². The molecule has 0 saturated heterocycles. The monoisotopic (exact) mass is 391 g/mol. The van der Waals surface area contributed by atoms with Crippen molar-refractivity contribution < 1.29 is 7.61 Å². The van der Waals surface area contributed by atoms with E-state index in [9.17, 15) is 10.1 Å². The molecule has 0 unspecified atom stereocenters. The van der Waals surface area contributed by atoms with Crippen LogP contribution in [0.25, 0.3) is 0 Å². The van der Waals surface area contributed by atoms with Gasteiger partial charge in [-0.3, -0.25) is 0 Å². The first-order chi connectivity index (χ1) is 6.38. The van der Waals surface area contributed by atoms with Gasteiger partial charge in [0.25, 0.3) is 0 Å². The first-order valence-electron chi connectivity index (χ1n) is 4.32. The number of nitro groups is 1. The Bertz CT molecular complexity index is 329. The quantitative estimate of drug-likeness (QED) is 0.453. The van der Waals surface area contributed by atoms with Gasteiger partial charge in [-0.15, -0.1) is 0 Å². The Morgan fingerprint density at radius 3 is 2.07 bits per heavy atom. The van der Waals surface area contributed by atoms with Gasteiger partial charge >= 0.3 is 88.5 Å². The van der Waals surface area contributed by atoms with E-state index >= 15 is 0 Å². The predicted octanol–water partition coefficient (Wildman–Crippen LogP) is 2.81. The molecule has 76 valence electrons. The van der Waals surface area contributed by atoms with E-state index in [4.69, 9.17) is 2.69 Å². The maximum absolute atomic E-state index is 10.4. The predicted molar refractivity (Wildman–Crippen MR) is 57.1 cm³/mol. The van der Waals surface area contributed by atoms with E-state index in [0.29, 0.717) is 0 Å². The molecule has 1 rings (SSSR count). The molecule has 0 aliphatic heterocycles. The summed E-state index contributed by atoms with van der Waals surface area (Å²) in [4.78, 5) is 9.96. The molecule has 0 N–H and O–H groups in total. The van der Waals surface area contributed by atoms with Crippen LogP contribution >= 0.6 is 0 Å². The Balaban J connectivity index is 2.79. The maximum atomic E-state index is 10.4. The Morgan fingerprint density at radius 2 is 1.71 bits per heavy atom. The molecular weight excluding hydrogens is 377 g/mol. The van der Waals surface area contributed by atoms with Crippen LogP contribution in [-0.2, 0) is 0 Å². The number of hydrogen-bond donors (Lipinski definition) is 0. The molecule has 0 aromatic heterocycles. The van der Waals surface area contributed by atoms with Gasteiger partial charge in [-0.25, -0.2) is 0 Å². The molecule has 14 heavy (non-hydrogen) atoms. The summed E-state index contributed by atoms with van der Waals surface area (Å²) in [5.41, 5.74) is 0.0999. The van der Waals surface area contributed by atoms with Crippen molar-refractivity contribution in [3.63, 3.8) is 0 Å². The Hall–Kier alpha value is -0.658. The summed E-state index contributed by atoms with van der Waals surface area (Å²) in [6.45, 7) is 0. The molecule has 5 heteroatoms. The van der Waals surface area contributed by atoms with Crippen LogP contribution in [0.4, 0.5) is 5.69 Å². The van der Waals surface area contributed by atoms with E-state index in [1.807, 2.05) is 0 Å². The first-order valence-corrected chi connectivity index (χ1v) is 17.6. The van der Waals surface area contributed by atoms with Crippen LogP contribution in [0.15, 0.2) is 24.3 Å². The Morgan fingerprint density at radius 1 is 1.21 bits per heavy atom. The van der Waals surface area contributed by atoms with Crippen molar-refractivity contribution in [3.05, 3.63) is 34.4 Å². The molecule has 0 fully saturated rings. The fraction of sp³-hybridized carbons (Fsp3) is 0.333. The summed E-state index contributed by atoms with van der Waals surface area (Å²) < 4.78 is 12.2. The van der Waals surface area contributed by atoms with Crippen LogP contribution in [0.2, 0.25) is 13.4 Å². The Kier molecular flexibility index (Phi) is 3.46. The second-order valence-corrected chi connectivity index (χ2v) is 21.2. The van der Waals surface area contributed by atoms with Gasteiger partial charge in [-0.2, -0.15) is 0 Å². The van der Waals surface area contributed by atoms with Gasteiger partial charge in [-0.1, -0.05) is 0 Å². The van der Waals surface area contributed by atoms with E-state index in [1.54, 1.807) is 12.1 Å². The van der Waals surface area contributed by atoms with Gasteiger partial charge in [0.15, 0.2) is 0 Å². The zero-order valence-electron chi connectivity index (χ0n) is 8.48. The van der Waals surface area contributed by atoms with E-state index in [2.05, 4.69) is 13.4 Å². The molecule has 0 amide bonds. The van der Waals surface area contributed by atoms with Crippen LogP contribution < -0.4 is 2.69 Å². The second-order valence-electron chi connectivity index (χ2n) is 3.97. The molecule has 1 aromatic carbocycles. The number of non-ortho nitro benzene ring substituents is 1. The normalized spacial score (nSPS) is 11.1. The van der Waals surface area contributed by atoms with Crippen molar-refractivity contribution in [2.24, 2.45) is 0 Å². The summed E-state index contributed by atoms with van der Waals surface area (Å²) in [5.74, 6) is 0.741. The molecular formula is C9H13NO3Pb. The van der Waals surface area contributed by atoms with Crippen molar-refractivity contribution in [2.75, 3.05) is 0 Å². The number of rotatable bonds is 3. The second kappa shape index (κ2) is 4.24. The number of hydrogen-bond acceptors (Lipinski definition) is 3. The molecule has 0 bridgehead atoms. The molecule has 0 saturated carbocycles. The fourth-order valence-corrected chi connectivity index (χ4v) is 4.27. The van der Waals surface area contributed by atoms with E-state index in [0.717, 1.165) is 5.75 Å². The van der Waals surface area contributed by atoms with Gasteiger partial charge < -0.3 is 0 Å².